The normalized spacial score (nSPS) is 4.00. The summed E-state index contributed by atoms with van der Waals surface area (Å²) >= 11 is 4.06. The molecule has 0 aromatic rings. The van der Waals surface area contributed by atoms with Gasteiger partial charge in [0.2, 0.25) is 0 Å². The van der Waals surface area contributed by atoms with Gasteiger partial charge in [-0.2, -0.15) is 0 Å². The van der Waals surface area contributed by atoms with Gasteiger partial charge in [0.1, 0.15) is 0 Å². The topological polar surface area (TPSA) is 17.1 Å². The van der Waals surface area contributed by atoms with Crippen LogP contribution >= 0.6 is 12.2 Å². The van der Waals surface area contributed by atoms with Crippen LogP contribution in [0.25, 0.3) is 0 Å². The molecule has 20 valence electrons. The molecule has 0 amide bonds. The molecule has 0 rings (SSSR count). The second-order valence-corrected chi connectivity index (χ2v) is 0.544. The maximum absolute atomic E-state index is 9.01. The molecule has 0 heterocycles. The van der Waals surface area contributed by atoms with E-state index in [2.05, 4.69) is 12.2 Å². The van der Waals surface area contributed by atoms with Crippen molar-refractivity contribution in [2.75, 3.05) is 0 Å². The van der Waals surface area contributed by atoms with Crippen LogP contribution in [0.5, 0.6) is 0 Å². The molecule has 0 saturated heterocycles. The van der Waals surface area contributed by atoms with Crippen LogP contribution in [0.2, 0.25) is 0 Å². The Morgan fingerprint density at radius 1 is 2.00 bits per heavy atom. The van der Waals surface area contributed by atoms with Crippen molar-refractivity contribution in [3.63, 3.8) is 0 Å². The zero-order valence-corrected chi connectivity index (χ0v) is 2.79. The molecular formula is CHBOS. The van der Waals surface area contributed by atoms with Gasteiger partial charge in [-0.15, -0.1) is 0 Å². The van der Waals surface area contributed by atoms with Crippen molar-refractivity contribution in [3.05, 3.63) is 0 Å². The average molecular weight is 71.9 g/mol. The molecule has 0 fully saturated rings. The molecule has 0 aliphatic rings. The van der Waals surface area contributed by atoms with E-state index in [4.69, 9.17) is 4.70 Å². The van der Waals surface area contributed by atoms with Crippen LogP contribution in [0.1, 0.15) is 0 Å². The van der Waals surface area contributed by atoms with Crippen LogP contribution in [0.3, 0.4) is 0 Å². The van der Waals surface area contributed by atoms with Crippen molar-refractivity contribution in [1.82, 2.24) is 0 Å². The van der Waals surface area contributed by atoms with Crippen LogP contribution in [0.4, 0.5) is 0 Å². The molecule has 0 atom stereocenters. The van der Waals surface area contributed by atoms with E-state index in [0.29, 0.717) is 7.15 Å². The molecule has 0 bridgehead atoms. The van der Waals surface area contributed by atoms with E-state index in [0.717, 1.165) is 5.27 Å². The van der Waals surface area contributed by atoms with Gasteiger partial charge < -0.3 is 0 Å². The van der Waals surface area contributed by atoms with Crippen molar-refractivity contribution in [2.24, 2.45) is 0 Å². The van der Waals surface area contributed by atoms with Crippen molar-refractivity contribution in [2.45, 2.75) is 0 Å². The van der Waals surface area contributed by atoms with E-state index in [9.17, 15) is 0 Å². The average Bonchev–Trinajstić information content (AvgIpc) is 1.37. The molecule has 0 spiro atoms. The van der Waals surface area contributed by atoms with Gasteiger partial charge in [-0.25, -0.2) is 0 Å². The van der Waals surface area contributed by atoms with Crippen molar-refractivity contribution < 1.29 is 4.70 Å². The predicted molar refractivity (Wildman–Crippen MR) is 20.1 cm³/mol. The second-order valence-electron chi connectivity index (χ2n) is 0.272. The summed E-state index contributed by atoms with van der Waals surface area (Å²) in [5, 5.41) is 1.03. The second kappa shape index (κ2) is 2.95. The third-order valence-electron chi connectivity index (χ3n) is 0.0556. The molecule has 1 nitrogen and oxygen atoms in total. The number of hydrogen-bond acceptors (Lipinski definition) is 2. The van der Waals surface area contributed by atoms with E-state index < -0.39 is 0 Å². The van der Waals surface area contributed by atoms with Gasteiger partial charge >= 0.3 is 29.3 Å². The SMILES string of the molecule is O=BC=S. The summed E-state index contributed by atoms with van der Waals surface area (Å²) < 4.78 is 9.01. The third kappa shape index (κ3) is 1.95. The molecule has 3 heteroatoms. The molecule has 0 N–H and O–H groups in total. The first-order valence-electron chi connectivity index (χ1n) is 0.805. The van der Waals surface area contributed by atoms with E-state index in [1.807, 2.05) is 0 Å². The van der Waals surface area contributed by atoms with Crippen LogP contribution in [0, 0.1) is 0 Å². The summed E-state index contributed by atoms with van der Waals surface area (Å²) in [6.45, 7) is 0. The molecule has 0 aromatic heterocycles. The Hall–Kier alpha value is -0.0451. The first kappa shape index (κ1) is 3.95. The molecule has 0 aromatic carbocycles. The summed E-state index contributed by atoms with van der Waals surface area (Å²) in [7, 11) is 0.565. The molecule has 0 saturated carbocycles. The Morgan fingerprint density at radius 3 is 2.25 bits per heavy atom. The Balaban J connectivity index is 2.73. The first-order chi connectivity index (χ1) is 1.91. The van der Waals surface area contributed by atoms with E-state index in [1.54, 1.807) is 0 Å². The summed E-state index contributed by atoms with van der Waals surface area (Å²) in [4.78, 5) is 0. The van der Waals surface area contributed by atoms with Crippen molar-refractivity contribution >= 4 is 24.6 Å². The first-order valence-corrected chi connectivity index (χ1v) is 1.28. The summed E-state index contributed by atoms with van der Waals surface area (Å²) in [6.07, 6.45) is 0. The zero-order valence-electron chi connectivity index (χ0n) is 1.97. The monoisotopic (exact) mass is 72.0 g/mol. The van der Waals surface area contributed by atoms with Crippen LogP contribution in [-0.4, -0.2) is 12.4 Å². The number of hydrogen-bond donors (Lipinski definition) is 0. The molecule has 0 unspecified atom stereocenters. The van der Waals surface area contributed by atoms with Gasteiger partial charge in [0, 0.05) is 0 Å². The number of thiocarbonyl (C=S) groups is 1. The van der Waals surface area contributed by atoms with Crippen LogP contribution < -0.4 is 0 Å². The zero-order chi connectivity index (χ0) is 3.41. The van der Waals surface area contributed by atoms with Crippen LogP contribution in [0.15, 0.2) is 0 Å². The summed E-state index contributed by atoms with van der Waals surface area (Å²) in [5.41, 5.74) is 0. The van der Waals surface area contributed by atoms with Crippen LogP contribution in [-0.2, 0) is 4.70 Å². The van der Waals surface area contributed by atoms with E-state index in [-0.39, 0.29) is 0 Å². The minimum absolute atomic E-state index is 0.565. The fraction of sp³-hybridized carbons (Fsp3) is 0. The Labute approximate surface area is 30.3 Å². The van der Waals surface area contributed by atoms with Gasteiger partial charge in [0.25, 0.3) is 0 Å². The third-order valence-corrected chi connectivity index (χ3v) is 0.167. The molecule has 4 heavy (non-hydrogen) atoms. The fourth-order valence-corrected chi connectivity index (χ4v) is 0. The Morgan fingerprint density at radius 2 is 2.25 bits per heavy atom. The molecule has 0 radical (unpaired) electrons. The Bertz CT molecular complexity index is 29.0. The van der Waals surface area contributed by atoms with E-state index in [1.165, 1.54) is 0 Å². The quantitative estimate of drug-likeness (QED) is 0.320. The number of rotatable bonds is 1. The fourth-order valence-electron chi connectivity index (χ4n) is 0. The maximum atomic E-state index is 9.01. The van der Waals surface area contributed by atoms with E-state index >= 15 is 0 Å². The summed E-state index contributed by atoms with van der Waals surface area (Å²) in [5.74, 6) is 0. The van der Waals surface area contributed by atoms with Gasteiger partial charge in [-0.3, -0.25) is 0 Å². The predicted octanol–water partition coefficient (Wildman–Crippen LogP) is -0.00670. The van der Waals surface area contributed by atoms with Gasteiger partial charge in [0.15, 0.2) is 0 Å². The van der Waals surface area contributed by atoms with Crippen molar-refractivity contribution in [1.29, 1.82) is 0 Å². The summed E-state index contributed by atoms with van der Waals surface area (Å²) in [6, 6.07) is 0. The van der Waals surface area contributed by atoms with Gasteiger partial charge in [-0.1, -0.05) is 0 Å². The molecule has 0 aliphatic heterocycles. The minimum atomic E-state index is 0.565. The molecule has 0 aliphatic carbocycles. The van der Waals surface area contributed by atoms with Gasteiger partial charge in [0.05, 0.1) is 0 Å². The Kier molecular flexibility index (Phi) is 2.92. The van der Waals surface area contributed by atoms with Crippen molar-refractivity contribution in [3.8, 4) is 0 Å². The standard InChI is InChI=1S/CHBOS/c3-2-1-4/h1H. The molecular weight excluding hydrogens is 70.9 g/mol. The van der Waals surface area contributed by atoms with Gasteiger partial charge in [-0.05, 0) is 0 Å².